The normalized spacial score (nSPS) is 21.4. The van der Waals surface area contributed by atoms with Crippen molar-refractivity contribution in [3.05, 3.63) is 48.8 Å². The summed E-state index contributed by atoms with van der Waals surface area (Å²) in [5.74, 6) is 1.09. The van der Waals surface area contributed by atoms with Crippen LogP contribution in [0.5, 0.6) is 5.75 Å². The van der Waals surface area contributed by atoms with Gasteiger partial charge >= 0.3 is 0 Å². The molecule has 1 atom stereocenters. The molecule has 2 aromatic rings. The minimum Gasteiger partial charge on any atom is -0.489 e. The summed E-state index contributed by atoms with van der Waals surface area (Å²) in [4.78, 5) is 0. The van der Waals surface area contributed by atoms with Crippen LogP contribution < -0.4 is 4.74 Å². The third-order valence-electron chi connectivity index (χ3n) is 3.23. The molecule has 1 aromatic carbocycles. The lowest BCUT2D eigenvalue weighted by molar-refractivity contribution is 0.229. The number of sulfone groups is 1. The van der Waals surface area contributed by atoms with Crippen molar-refractivity contribution in [3.63, 3.8) is 0 Å². The molecule has 1 saturated heterocycles. The second-order valence-corrected chi connectivity index (χ2v) is 6.96. The van der Waals surface area contributed by atoms with Gasteiger partial charge in [-0.25, -0.2) is 8.42 Å². The third kappa shape index (κ3) is 2.81. The van der Waals surface area contributed by atoms with Gasteiger partial charge in [0.15, 0.2) is 9.84 Å². The van der Waals surface area contributed by atoms with E-state index in [0.29, 0.717) is 6.42 Å². The largest absolute Gasteiger partial charge is 0.489 e. The van der Waals surface area contributed by atoms with Gasteiger partial charge in [0.25, 0.3) is 0 Å². The van der Waals surface area contributed by atoms with E-state index in [4.69, 9.17) is 4.74 Å². The molecule has 0 aliphatic carbocycles. The van der Waals surface area contributed by atoms with Gasteiger partial charge in [0, 0.05) is 18.1 Å². The van der Waals surface area contributed by atoms with Gasteiger partial charge in [-0.3, -0.25) is 0 Å². The van der Waals surface area contributed by atoms with Crippen molar-refractivity contribution in [2.75, 3.05) is 11.5 Å². The maximum Gasteiger partial charge on any atom is 0.154 e. The molecule has 5 heteroatoms. The van der Waals surface area contributed by atoms with Crippen LogP contribution in [-0.4, -0.2) is 30.6 Å². The lowest BCUT2D eigenvalue weighted by atomic mass is 10.3. The van der Waals surface area contributed by atoms with Crippen molar-refractivity contribution in [2.45, 2.75) is 12.5 Å². The minimum atomic E-state index is -2.89. The Morgan fingerprint density at radius 3 is 2.37 bits per heavy atom. The van der Waals surface area contributed by atoms with Crippen molar-refractivity contribution < 1.29 is 13.2 Å². The molecule has 1 aliphatic rings. The highest BCUT2D eigenvalue weighted by Crippen LogP contribution is 2.21. The molecule has 1 aliphatic heterocycles. The fourth-order valence-electron chi connectivity index (χ4n) is 2.25. The zero-order chi connectivity index (χ0) is 13.3. The second-order valence-electron chi connectivity index (χ2n) is 4.73. The molecule has 2 heterocycles. The molecule has 0 radical (unpaired) electrons. The predicted octanol–water partition coefficient (Wildman–Crippen LogP) is 2.04. The van der Waals surface area contributed by atoms with Crippen LogP contribution in [0.15, 0.2) is 48.8 Å². The van der Waals surface area contributed by atoms with Crippen LogP contribution >= 0.6 is 0 Å². The van der Waals surface area contributed by atoms with Gasteiger partial charge in [-0.2, -0.15) is 0 Å². The quantitative estimate of drug-likeness (QED) is 0.862. The van der Waals surface area contributed by atoms with E-state index in [1.165, 1.54) is 0 Å². The summed E-state index contributed by atoms with van der Waals surface area (Å²) >= 11 is 0. The summed E-state index contributed by atoms with van der Waals surface area (Å²) in [6.45, 7) is 0. The van der Waals surface area contributed by atoms with E-state index in [9.17, 15) is 8.42 Å². The predicted molar refractivity (Wildman–Crippen MR) is 73.5 cm³/mol. The Labute approximate surface area is 112 Å². The van der Waals surface area contributed by atoms with E-state index in [1.54, 1.807) is 0 Å². The highest BCUT2D eigenvalue weighted by Gasteiger charge is 2.29. The first-order valence-electron chi connectivity index (χ1n) is 6.23. The van der Waals surface area contributed by atoms with E-state index in [2.05, 4.69) is 0 Å². The SMILES string of the molecule is O=S1(=O)CC[C@@H](Oc2ccc(-n3cccc3)cc2)C1. The summed E-state index contributed by atoms with van der Waals surface area (Å²) in [5.41, 5.74) is 1.05. The van der Waals surface area contributed by atoms with E-state index < -0.39 is 9.84 Å². The highest BCUT2D eigenvalue weighted by molar-refractivity contribution is 7.91. The number of hydrogen-bond donors (Lipinski definition) is 0. The summed E-state index contributed by atoms with van der Waals surface area (Å²) < 4.78 is 30.4. The molecule has 4 nitrogen and oxygen atoms in total. The fourth-order valence-corrected chi connectivity index (χ4v) is 3.84. The summed E-state index contributed by atoms with van der Waals surface area (Å²) in [7, 11) is -2.89. The van der Waals surface area contributed by atoms with Crippen molar-refractivity contribution in [1.82, 2.24) is 4.57 Å². The van der Waals surface area contributed by atoms with Crippen LogP contribution in [0.25, 0.3) is 5.69 Å². The minimum absolute atomic E-state index is 0.131. The monoisotopic (exact) mass is 277 g/mol. The van der Waals surface area contributed by atoms with Gasteiger partial charge in [-0.05, 0) is 42.8 Å². The van der Waals surface area contributed by atoms with Gasteiger partial charge in [0.2, 0.25) is 0 Å². The fraction of sp³-hybridized carbons (Fsp3) is 0.286. The first-order chi connectivity index (χ1) is 9.12. The molecular formula is C14H15NO3S. The van der Waals surface area contributed by atoms with Gasteiger partial charge in [0.05, 0.1) is 11.5 Å². The van der Waals surface area contributed by atoms with E-state index in [0.717, 1.165) is 11.4 Å². The molecule has 0 bridgehead atoms. The van der Waals surface area contributed by atoms with E-state index in [1.807, 2.05) is 53.4 Å². The Morgan fingerprint density at radius 2 is 1.79 bits per heavy atom. The van der Waals surface area contributed by atoms with E-state index in [-0.39, 0.29) is 17.6 Å². The van der Waals surface area contributed by atoms with Crippen LogP contribution in [0.4, 0.5) is 0 Å². The standard InChI is InChI=1S/C14H15NO3S/c16-19(17)10-7-14(11-19)18-13-5-3-12(4-6-13)15-8-1-2-9-15/h1-6,8-9,14H,7,10-11H2/t14-/m1/s1. The molecule has 0 saturated carbocycles. The van der Waals surface area contributed by atoms with Crippen LogP contribution in [0.1, 0.15) is 6.42 Å². The molecule has 1 fully saturated rings. The number of benzene rings is 1. The smallest absolute Gasteiger partial charge is 0.154 e. The second kappa shape index (κ2) is 4.74. The molecule has 1 aromatic heterocycles. The maximum absolute atomic E-state index is 11.4. The van der Waals surface area contributed by atoms with Crippen LogP contribution in [0.2, 0.25) is 0 Å². The van der Waals surface area contributed by atoms with Crippen LogP contribution in [0, 0.1) is 0 Å². The first-order valence-corrected chi connectivity index (χ1v) is 8.05. The highest BCUT2D eigenvalue weighted by atomic mass is 32.2. The Balaban J connectivity index is 1.70. The lowest BCUT2D eigenvalue weighted by Gasteiger charge is -2.12. The van der Waals surface area contributed by atoms with Gasteiger partial charge in [-0.1, -0.05) is 0 Å². The van der Waals surface area contributed by atoms with Gasteiger partial charge in [-0.15, -0.1) is 0 Å². The van der Waals surface area contributed by atoms with Crippen LogP contribution in [0.3, 0.4) is 0 Å². The Hall–Kier alpha value is -1.75. The number of rotatable bonds is 3. The van der Waals surface area contributed by atoms with Gasteiger partial charge in [0.1, 0.15) is 11.9 Å². The van der Waals surface area contributed by atoms with E-state index >= 15 is 0 Å². The number of hydrogen-bond acceptors (Lipinski definition) is 3. The van der Waals surface area contributed by atoms with Gasteiger partial charge < -0.3 is 9.30 Å². The average molecular weight is 277 g/mol. The number of nitrogens with zero attached hydrogens (tertiary/aromatic N) is 1. The average Bonchev–Trinajstić information content (AvgIpc) is 3.00. The van der Waals surface area contributed by atoms with Crippen molar-refractivity contribution >= 4 is 9.84 Å². The zero-order valence-electron chi connectivity index (χ0n) is 10.4. The van der Waals surface area contributed by atoms with Crippen molar-refractivity contribution in [3.8, 4) is 11.4 Å². The van der Waals surface area contributed by atoms with Crippen molar-refractivity contribution in [1.29, 1.82) is 0 Å². The summed E-state index contributed by atoms with van der Waals surface area (Å²) in [6, 6.07) is 11.6. The Bertz CT molecular complexity index is 645. The zero-order valence-corrected chi connectivity index (χ0v) is 11.2. The molecule has 0 amide bonds. The Morgan fingerprint density at radius 1 is 1.11 bits per heavy atom. The third-order valence-corrected chi connectivity index (χ3v) is 4.97. The molecule has 19 heavy (non-hydrogen) atoms. The number of aromatic nitrogens is 1. The van der Waals surface area contributed by atoms with Crippen molar-refractivity contribution in [2.24, 2.45) is 0 Å². The molecule has 0 N–H and O–H groups in total. The first kappa shape index (κ1) is 12.3. The molecule has 0 unspecified atom stereocenters. The lowest BCUT2D eigenvalue weighted by Crippen LogP contribution is -2.17. The number of ether oxygens (including phenoxy) is 1. The summed E-state index contributed by atoms with van der Waals surface area (Å²) in [5, 5.41) is 0. The Kier molecular flexibility index (Phi) is 3.06. The molecular weight excluding hydrogens is 262 g/mol. The summed E-state index contributed by atoms with van der Waals surface area (Å²) in [6.07, 6.45) is 4.32. The molecule has 0 spiro atoms. The maximum atomic E-state index is 11.4. The molecule has 100 valence electrons. The molecule has 3 rings (SSSR count). The van der Waals surface area contributed by atoms with Crippen LogP contribution in [-0.2, 0) is 9.84 Å². The topological polar surface area (TPSA) is 48.3 Å².